The van der Waals surface area contributed by atoms with E-state index in [4.69, 9.17) is 0 Å². The van der Waals surface area contributed by atoms with E-state index in [1.54, 1.807) is 0 Å². The number of benzene rings is 1. The SMILES string of the molecule is c1ccc(-n2cc(CN3CCN(Cc4cccs4)CC3)cn2)cc1. The van der Waals surface area contributed by atoms with Crippen LogP contribution in [0.2, 0.25) is 0 Å². The molecule has 4 rings (SSSR count). The Bertz CT molecular complexity index is 743. The second-order valence-corrected chi connectivity index (χ2v) is 7.29. The molecule has 0 bridgehead atoms. The highest BCUT2D eigenvalue weighted by Crippen LogP contribution is 2.15. The number of thiophene rings is 1. The second kappa shape index (κ2) is 7.30. The Hall–Kier alpha value is -1.95. The number of para-hydroxylation sites is 1. The van der Waals surface area contributed by atoms with Crippen LogP contribution in [0.15, 0.2) is 60.2 Å². The predicted molar refractivity (Wildman–Crippen MR) is 98.4 cm³/mol. The average Bonchev–Trinajstić information content (AvgIpc) is 3.29. The molecule has 5 heteroatoms. The highest BCUT2D eigenvalue weighted by atomic mass is 32.1. The Kier molecular flexibility index (Phi) is 4.74. The van der Waals surface area contributed by atoms with E-state index < -0.39 is 0 Å². The van der Waals surface area contributed by atoms with Gasteiger partial charge < -0.3 is 0 Å². The van der Waals surface area contributed by atoms with Crippen LogP contribution in [-0.4, -0.2) is 45.8 Å². The van der Waals surface area contributed by atoms with E-state index in [9.17, 15) is 0 Å². The summed E-state index contributed by atoms with van der Waals surface area (Å²) < 4.78 is 1.96. The van der Waals surface area contributed by atoms with Gasteiger partial charge in [-0.1, -0.05) is 24.3 Å². The summed E-state index contributed by atoms with van der Waals surface area (Å²) in [4.78, 5) is 6.54. The minimum atomic E-state index is 0.986. The fraction of sp³-hybridized carbons (Fsp3) is 0.316. The van der Waals surface area contributed by atoms with Gasteiger partial charge in [-0.3, -0.25) is 9.80 Å². The van der Waals surface area contributed by atoms with Crippen LogP contribution in [0.4, 0.5) is 0 Å². The molecule has 0 aliphatic carbocycles. The summed E-state index contributed by atoms with van der Waals surface area (Å²) >= 11 is 1.85. The summed E-state index contributed by atoms with van der Waals surface area (Å²) in [7, 11) is 0. The van der Waals surface area contributed by atoms with Gasteiger partial charge >= 0.3 is 0 Å². The van der Waals surface area contributed by atoms with Gasteiger partial charge in [0.25, 0.3) is 0 Å². The minimum Gasteiger partial charge on any atom is -0.296 e. The minimum absolute atomic E-state index is 0.986. The van der Waals surface area contributed by atoms with Crippen molar-refractivity contribution in [2.45, 2.75) is 13.1 Å². The molecule has 3 heterocycles. The summed E-state index contributed by atoms with van der Waals surface area (Å²) in [6.07, 6.45) is 4.14. The first-order valence-corrected chi connectivity index (χ1v) is 9.31. The molecule has 0 spiro atoms. The molecule has 3 aromatic rings. The van der Waals surface area contributed by atoms with Crippen LogP contribution in [0.5, 0.6) is 0 Å². The summed E-state index contributed by atoms with van der Waals surface area (Å²) in [5, 5.41) is 6.66. The van der Waals surface area contributed by atoms with E-state index in [-0.39, 0.29) is 0 Å². The number of piperazine rings is 1. The summed E-state index contributed by atoms with van der Waals surface area (Å²) in [5.41, 5.74) is 2.40. The van der Waals surface area contributed by atoms with Crippen molar-refractivity contribution < 1.29 is 0 Å². The molecule has 24 heavy (non-hydrogen) atoms. The van der Waals surface area contributed by atoms with Crippen molar-refractivity contribution in [3.63, 3.8) is 0 Å². The molecule has 0 amide bonds. The summed E-state index contributed by atoms with van der Waals surface area (Å²) in [5.74, 6) is 0. The standard InChI is InChI=1S/C19H22N4S/c1-2-5-18(6-3-1)23-15-17(13-20-23)14-21-8-10-22(11-9-21)16-19-7-4-12-24-19/h1-7,12-13,15H,8-11,14,16H2. The van der Waals surface area contributed by atoms with Gasteiger partial charge in [0.15, 0.2) is 0 Å². The summed E-state index contributed by atoms with van der Waals surface area (Å²) in [6.45, 7) is 6.62. The van der Waals surface area contributed by atoms with E-state index >= 15 is 0 Å². The van der Waals surface area contributed by atoms with Crippen molar-refractivity contribution >= 4 is 11.3 Å². The lowest BCUT2D eigenvalue weighted by atomic mass is 10.2. The van der Waals surface area contributed by atoms with E-state index in [1.165, 1.54) is 10.4 Å². The van der Waals surface area contributed by atoms with E-state index in [1.807, 2.05) is 40.4 Å². The Morgan fingerprint density at radius 3 is 2.33 bits per heavy atom. The largest absolute Gasteiger partial charge is 0.296 e. The topological polar surface area (TPSA) is 24.3 Å². The van der Waals surface area contributed by atoms with Crippen LogP contribution >= 0.6 is 11.3 Å². The molecule has 2 aromatic heterocycles. The maximum atomic E-state index is 4.50. The lowest BCUT2D eigenvalue weighted by molar-refractivity contribution is 0.123. The van der Waals surface area contributed by atoms with Crippen molar-refractivity contribution in [1.82, 2.24) is 19.6 Å². The molecule has 1 aromatic carbocycles. The van der Waals surface area contributed by atoms with Gasteiger partial charge in [0, 0.05) is 55.9 Å². The van der Waals surface area contributed by atoms with Crippen molar-refractivity contribution in [3.8, 4) is 5.69 Å². The molecule has 1 aliphatic rings. The molecule has 1 fully saturated rings. The van der Waals surface area contributed by atoms with Crippen LogP contribution in [0, 0.1) is 0 Å². The quantitative estimate of drug-likeness (QED) is 0.714. The number of hydrogen-bond donors (Lipinski definition) is 0. The van der Waals surface area contributed by atoms with Gasteiger partial charge in [-0.15, -0.1) is 11.3 Å². The van der Waals surface area contributed by atoms with Crippen molar-refractivity contribution in [2.75, 3.05) is 26.2 Å². The normalized spacial score (nSPS) is 16.5. The van der Waals surface area contributed by atoms with Crippen LogP contribution < -0.4 is 0 Å². The monoisotopic (exact) mass is 338 g/mol. The zero-order valence-corrected chi connectivity index (χ0v) is 14.5. The van der Waals surface area contributed by atoms with Crippen LogP contribution in [0.1, 0.15) is 10.4 Å². The maximum absolute atomic E-state index is 4.50. The zero-order chi connectivity index (χ0) is 16.2. The predicted octanol–water partition coefficient (Wildman–Crippen LogP) is 3.25. The fourth-order valence-electron chi connectivity index (χ4n) is 3.15. The van der Waals surface area contributed by atoms with Crippen molar-refractivity contribution in [3.05, 3.63) is 70.7 Å². The first kappa shape index (κ1) is 15.6. The first-order valence-electron chi connectivity index (χ1n) is 8.43. The molecule has 0 unspecified atom stereocenters. The van der Waals surface area contributed by atoms with E-state index in [0.29, 0.717) is 0 Å². The van der Waals surface area contributed by atoms with Crippen molar-refractivity contribution in [1.29, 1.82) is 0 Å². The van der Waals surface area contributed by atoms with Gasteiger partial charge in [-0.25, -0.2) is 4.68 Å². The lowest BCUT2D eigenvalue weighted by Gasteiger charge is -2.34. The Labute approximate surface area is 146 Å². The highest BCUT2D eigenvalue weighted by molar-refractivity contribution is 7.09. The van der Waals surface area contributed by atoms with Crippen LogP contribution in [-0.2, 0) is 13.1 Å². The van der Waals surface area contributed by atoms with Crippen LogP contribution in [0.3, 0.4) is 0 Å². The third-order valence-electron chi connectivity index (χ3n) is 4.49. The molecule has 4 nitrogen and oxygen atoms in total. The molecule has 0 atom stereocenters. The first-order chi connectivity index (χ1) is 11.9. The maximum Gasteiger partial charge on any atom is 0.0645 e. The Morgan fingerprint density at radius 1 is 0.875 bits per heavy atom. The molecular weight excluding hydrogens is 316 g/mol. The number of aromatic nitrogens is 2. The molecule has 0 radical (unpaired) electrons. The fourth-order valence-corrected chi connectivity index (χ4v) is 3.90. The lowest BCUT2D eigenvalue weighted by Crippen LogP contribution is -2.45. The van der Waals surface area contributed by atoms with E-state index in [0.717, 1.165) is 45.0 Å². The number of rotatable bonds is 5. The zero-order valence-electron chi connectivity index (χ0n) is 13.7. The molecule has 1 aliphatic heterocycles. The molecule has 0 N–H and O–H groups in total. The van der Waals surface area contributed by atoms with Gasteiger partial charge in [0.1, 0.15) is 0 Å². The molecule has 124 valence electrons. The third-order valence-corrected chi connectivity index (χ3v) is 5.35. The summed E-state index contributed by atoms with van der Waals surface area (Å²) in [6, 6.07) is 14.7. The van der Waals surface area contributed by atoms with Gasteiger partial charge in [0.05, 0.1) is 11.9 Å². The number of nitrogens with zero attached hydrogens (tertiary/aromatic N) is 4. The van der Waals surface area contributed by atoms with Crippen molar-refractivity contribution in [2.24, 2.45) is 0 Å². The molecule has 1 saturated heterocycles. The number of hydrogen-bond acceptors (Lipinski definition) is 4. The molecule has 0 saturated carbocycles. The average molecular weight is 338 g/mol. The third kappa shape index (κ3) is 3.75. The molecular formula is C19H22N4S. The second-order valence-electron chi connectivity index (χ2n) is 6.26. The van der Waals surface area contributed by atoms with Crippen LogP contribution in [0.25, 0.3) is 5.69 Å². The smallest absolute Gasteiger partial charge is 0.0645 e. The van der Waals surface area contributed by atoms with E-state index in [2.05, 4.69) is 50.7 Å². The van der Waals surface area contributed by atoms with Gasteiger partial charge in [-0.2, -0.15) is 5.10 Å². The van der Waals surface area contributed by atoms with Gasteiger partial charge in [-0.05, 0) is 23.6 Å². The Balaban J connectivity index is 1.30. The highest BCUT2D eigenvalue weighted by Gasteiger charge is 2.17. The Morgan fingerprint density at radius 2 is 1.62 bits per heavy atom. The van der Waals surface area contributed by atoms with Gasteiger partial charge in [0.2, 0.25) is 0 Å².